The fraction of sp³-hybridized carbons (Fsp3) is 0.182. The molecule has 1 heterocycles. The van der Waals surface area contributed by atoms with Gasteiger partial charge in [-0.3, -0.25) is 0 Å². The molecule has 0 saturated heterocycles. The number of nitrogens with zero attached hydrogens (tertiary/aromatic N) is 1. The van der Waals surface area contributed by atoms with E-state index in [1.807, 2.05) is 24.3 Å². The van der Waals surface area contributed by atoms with Gasteiger partial charge in [0.1, 0.15) is 0 Å². The molecule has 3 nitrogen and oxygen atoms in total. The summed E-state index contributed by atoms with van der Waals surface area (Å²) in [6.07, 6.45) is 0.762. The van der Waals surface area contributed by atoms with E-state index < -0.39 is 0 Å². The average Bonchev–Trinajstić information content (AvgIpc) is 2.76. The van der Waals surface area contributed by atoms with E-state index in [0.29, 0.717) is 6.61 Å². The fourth-order valence-electron chi connectivity index (χ4n) is 1.33. The second kappa shape index (κ2) is 5.54. The molecule has 0 aliphatic rings. The van der Waals surface area contributed by atoms with E-state index in [1.165, 1.54) is 0 Å². The Morgan fingerprint density at radius 2 is 2.06 bits per heavy atom. The number of benzene rings is 1. The summed E-state index contributed by atoms with van der Waals surface area (Å²) >= 11 is 5.04. The molecule has 0 bridgehead atoms. The molecule has 0 aliphatic carbocycles. The molecule has 84 valence electrons. The molecule has 0 atom stereocenters. The maximum atomic E-state index is 4.98. The Hall–Kier alpha value is -0.750. The molecule has 0 amide bonds. The van der Waals surface area contributed by atoms with Gasteiger partial charge in [-0.15, -0.1) is 11.3 Å². The first-order valence-electron chi connectivity index (χ1n) is 4.81. The van der Waals surface area contributed by atoms with Crippen LogP contribution in [0, 0.1) is 0 Å². The normalized spacial score (nSPS) is 10.6. The molecule has 2 rings (SSSR count). The molecular formula is C11H11BrN2OS. The number of halogens is 1. The predicted molar refractivity (Wildman–Crippen MR) is 69.1 cm³/mol. The van der Waals surface area contributed by atoms with Crippen molar-refractivity contribution in [3.63, 3.8) is 0 Å². The van der Waals surface area contributed by atoms with Crippen LogP contribution in [0.25, 0.3) is 11.3 Å². The van der Waals surface area contributed by atoms with Gasteiger partial charge in [-0.2, -0.15) is 0 Å². The van der Waals surface area contributed by atoms with Crippen LogP contribution in [0.3, 0.4) is 0 Å². The van der Waals surface area contributed by atoms with Crippen molar-refractivity contribution in [1.82, 2.24) is 4.98 Å². The van der Waals surface area contributed by atoms with Crippen molar-refractivity contribution >= 4 is 27.3 Å². The van der Waals surface area contributed by atoms with Crippen molar-refractivity contribution in [1.29, 1.82) is 0 Å². The maximum Gasteiger partial charge on any atom is 0.0956 e. The topological polar surface area (TPSA) is 48.1 Å². The molecule has 0 fully saturated rings. The molecule has 16 heavy (non-hydrogen) atoms. The van der Waals surface area contributed by atoms with Crippen molar-refractivity contribution in [2.45, 2.75) is 6.42 Å². The van der Waals surface area contributed by atoms with Crippen molar-refractivity contribution in [3.8, 4) is 11.3 Å². The lowest BCUT2D eigenvalue weighted by Crippen LogP contribution is -2.03. The van der Waals surface area contributed by atoms with Crippen LogP contribution in [0.2, 0.25) is 0 Å². The highest BCUT2D eigenvalue weighted by Crippen LogP contribution is 2.23. The lowest BCUT2D eigenvalue weighted by molar-refractivity contribution is 0.141. The Morgan fingerprint density at radius 3 is 2.75 bits per heavy atom. The lowest BCUT2D eigenvalue weighted by Gasteiger charge is -1.96. The molecule has 0 unspecified atom stereocenters. The maximum absolute atomic E-state index is 4.98. The summed E-state index contributed by atoms with van der Waals surface area (Å²) in [6.45, 7) is 0.507. The molecule has 0 radical (unpaired) electrons. The summed E-state index contributed by atoms with van der Waals surface area (Å²) in [4.78, 5) is 9.05. The highest BCUT2D eigenvalue weighted by molar-refractivity contribution is 9.10. The van der Waals surface area contributed by atoms with Gasteiger partial charge in [0.15, 0.2) is 0 Å². The van der Waals surface area contributed by atoms with Gasteiger partial charge in [0.25, 0.3) is 0 Å². The number of hydrogen-bond acceptors (Lipinski definition) is 4. The molecular weight excluding hydrogens is 288 g/mol. The number of hydrogen-bond donors (Lipinski definition) is 1. The standard InChI is InChI=1S/C11H11BrN2OS/c12-9-3-1-8(2-4-9)10-7-16-11(14-10)5-6-15-13/h1-4,7H,5-6,13H2. The zero-order valence-electron chi connectivity index (χ0n) is 8.52. The molecule has 1 aromatic carbocycles. The third-order valence-corrected chi connectivity index (χ3v) is 3.56. The van der Waals surface area contributed by atoms with E-state index in [2.05, 4.69) is 31.1 Å². The molecule has 1 aromatic heterocycles. The van der Waals surface area contributed by atoms with Crippen molar-refractivity contribution < 1.29 is 4.84 Å². The smallest absolute Gasteiger partial charge is 0.0956 e. The average molecular weight is 299 g/mol. The second-order valence-corrected chi connectivity index (χ2v) is 5.11. The summed E-state index contributed by atoms with van der Waals surface area (Å²) in [5.41, 5.74) is 2.13. The Balaban J connectivity index is 2.15. The third-order valence-electron chi connectivity index (χ3n) is 2.13. The molecule has 2 N–H and O–H groups in total. The Morgan fingerprint density at radius 1 is 1.31 bits per heavy atom. The highest BCUT2D eigenvalue weighted by atomic mass is 79.9. The van der Waals surface area contributed by atoms with Gasteiger partial charge in [0.05, 0.1) is 17.3 Å². The van der Waals surface area contributed by atoms with Gasteiger partial charge >= 0.3 is 0 Å². The predicted octanol–water partition coefficient (Wildman–Crippen LogP) is 3.01. The van der Waals surface area contributed by atoms with Gasteiger partial charge < -0.3 is 4.84 Å². The minimum absolute atomic E-state index is 0.507. The largest absolute Gasteiger partial charge is 0.304 e. The van der Waals surface area contributed by atoms with Gasteiger partial charge in [-0.1, -0.05) is 28.1 Å². The number of thiazole rings is 1. The van der Waals surface area contributed by atoms with E-state index in [9.17, 15) is 0 Å². The van der Waals surface area contributed by atoms with E-state index in [-0.39, 0.29) is 0 Å². The van der Waals surface area contributed by atoms with Crippen molar-refractivity contribution in [2.75, 3.05) is 6.61 Å². The van der Waals surface area contributed by atoms with Gasteiger partial charge in [-0.05, 0) is 12.1 Å². The van der Waals surface area contributed by atoms with Crippen molar-refractivity contribution in [2.24, 2.45) is 5.90 Å². The zero-order chi connectivity index (χ0) is 11.4. The van der Waals surface area contributed by atoms with Gasteiger partial charge in [-0.25, -0.2) is 10.9 Å². The van der Waals surface area contributed by atoms with Crippen LogP contribution in [-0.4, -0.2) is 11.6 Å². The first-order valence-corrected chi connectivity index (χ1v) is 6.49. The first-order chi connectivity index (χ1) is 7.79. The highest BCUT2D eigenvalue weighted by Gasteiger charge is 2.04. The summed E-state index contributed by atoms with van der Waals surface area (Å²) in [7, 11) is 0. The number of rotatable bonds is 4. The molecule has 5 heteroatoms. The van der Waals surface area contributed by atoms with Gasteiger partial charge in [0.2, 0.25) is 0 Å². The van der Waals surface area contributed by atoms with Crippen LogP contribution in [0.4, 0.5) is 0 Å². The molecule has 2 aromatic rings. The molecule has 0 aliphatic heterocycles. The molecule has 0 spiro atoms. The van der Waals surface area contributed by atoms with Crippen LogP contribution >= 0.6 is 27.3 Å². The quantitative estimate of drug-likeness (QED) is 0.883. The Kier molecular flexibility index (Phi) is 4.06. The van der Waals surface area contributed by atoms with Crippen molar-refractivity contribution in [3.05, 3.63) is 39.1 Å². The van der Waals surface area contributed by atoms with E-state index in [1.54, 1.807) is 11.3 Å². The zero-order valence-corrected chi connectivity index (χ0v) is 10.9. The summed E-state index contributed by atoms with van der Waals surface area (Å²) in [5, 5.41) is 3.10. The van der Waals surface area contributed by atoms with E-state index in [4.69, 9.17) is 5.90 Å². The number of nitrogens with two attached hydrogens (primary N) is 1. The summed E-state index contributed by atoms with van der Waals surface area (Å²) in [6, 6.07) is 8.11. The van der Waals surface area contributed by atoms with Crippen LogP contribution in [-0.2, 0) is 11.3 Å². The number of aromatic nitrogens is 1. The Bertz CT molecular complexity index is 455. The van der Waals surface area contributed by atoms with Crippen LogP contribution in [0.1, 0.15) is 5.01 Å². The summed E-state index contributed by atoms with van der Waals surface area (Å²) in [5.74, 6) is 4.98. The molecule has 0 saturated carbocycles. The summed E-state index contributed by atoms with van der Waals surface area (Å²) < 4.78 is 1.07. The van der Waals surface area contributed by atoms with Crippen LogP contribution < -0.4 is 5.90 Å². The first kappa shape index (κ1) is 11.7. The van der Waals surface area contributed by atoms with E-state index in [0.717, 1.165) is 27.2 Å². The minimum atomic E-state index is 0.507. The van der Waals surface area contributed by atoms with Gasteiger partial charge in [0, 0.05) is 21.8 Å². The van der Waals surface area contributed by atoms with Crippen LogP contribution in [0.15, 0.2) is 34.1 Å². The fourth-order valence-corrected chi connectivity index (χ4v) is 2.38. The third kappa shape index (κ3) is 2.89. The monoisotopic (exact) mass is 298 g/mol. The van der Waals surface area contributed by atoms with E-state index >= 15 is 0 Å². The lowest BCUT2D eigenvalue weighted by atomic mass is 10.2. The Labute approximate surface area is 106 Å². The SMILES string of the molecule is NOCCc1nc(-c2ccc(Br)cc2)cs1. The second-order valence-electron chi connectivity index (χ2n) is 3.25. The minimum Gasteiger partial charge on any atom is -0.304 e. The van der Waals surface area contributed by atoms with Crippen LogP contribution in [0.5, 0.6) is 0 Å².